The number of esters is 1. The summed E-state index contributed by atoms with van der Waals surface area (Å²) in [5, 5.41) is 0. The molecule has 27 heavy (non-hydrogen) atoms. The Balaban J connectivity index is 1.64. The number of carbonyl (C=O) groups excluding carboxylic acids is 1. The zero-order valence-corrected chi connectivity index (χ0v) is 17.3. The minimum Gasteiger partial charge on any atom is -0.489 e. The summed E-state index contributed by atoms with van der Waals surface area (Å²) in [4.78, 5) is 16.3. The number of benzene rings is 1. The van der Waals surface area contributed by atoms with E-state index < -0.39 is 0 Å². The van der Waals surface area contributed by atoms with E-state index in [0.717, 1.165) is 51.3 Å². The molecule has 1 aliphatic heterocycles. The summed E-state index contributed by atoms with van der Waals surface area (Å²) in [5.41, 5.74) is 1.21. The van der Waals surface area contributed by atoms with Gasteiger partial charge in [-0.3, -0.25) is 9.69 Å². The van der Waals surface area contributed by atoms with Gasteiger partial charge in [-0.15, -0.1) is 0 Å². The van der Waals surface area contributed by atoms with Gasteiger partial charge in [0.25, 0.3) is 0 Å². The fourth-order valence-electron chi connectivity index (χ4n) is 3.48. The molecule has 0 amide bonds. The van der Waals surface area contributed by atoms with Crippen molar-refractivity contribution in [2.75, 3.05) is 44.2 Å². The molecule has 1 aromatic carbocycles. The average Bonchev–Trinajstić information content (AvgIpc) is 2.65. The molecule has 0 spiro atoms. The molecule has 0 unspecified atom stereocenters. The average molecular weight is 377 g/mol. The first kappa shape index (κ1) is 21.5. The van der Waals surface area contributed by atoms with Gasteiger partial charge in [-0.2, -0.15) is 0 Å². The second kappa shape index (κ2) is 11.9. The van der Waals surface area contributed by atoms with Gasteiger partial charge < -0.3 is 14.4 Å². The standard InChI is InChI=1S/C22H36N2O3/c1-4-26-22(25)13-7-5-6-10-14-23-15-17-24(18-16-23)20-11-8-9-12-21(20)27-19(2)3/h8-9,11-12,19H,4-7,10,13-18H2,1-3H3. The molecule has 0 bridgehead atoms. The number of hydrogen-bond donors (Lipinski definition) is 0. The van der Waals surface area contributed by atoms with Crippen LogP contribution in [0.3, 0.4) is 0 Å². The van der Waals surface area contributed by atoms with Crippen LogP contribution in [0.4, 0.5) is 5.69 Å². The van der Waals surface area contributed by atoms with E-state index in [4.69, 9.17) is 9.47 Å². The SMILES string of the molecule is CCOC(=O)CCCCCCN1CCN(c2ccccc2OC(C)C)CC1. The van der Waals surface area contributed by atoms with Crippen molar-refractivity contribution in [2.24, 2.45) is 0 Å². The van der Waals surface area contributed by atoms with E-state index in [-0.39, 0.29) is 12.1 Å². The summed E-state index contributed by atoms with van der Waals surface area (Å²) < 4.78 is 10.9. The normalized spacial score (nSPS) is 15.2. The van der Waals surface area contributed by atoms with Gasteiger partial charge in [-0.05, 0) is 52.3 Å². The summed E-state index contributed by atoms with van der Waals surface area (Å²) >= 11 is 0. The zero-order chi connectivity index (χ0) is 19.5. The van der Waals surface area contributed by atoms with Gasteiger partial charge in [0.1, 0.15) is 5.75 Å². The van der Waals surface area contributed by atoms with Crippen LogP contribution in [0, 0.1) is 0 Å². The van der Waals surface area contributed by atoms with E-state index in [1.54, 1.807) is 0 Å². The highest BCUT2D eigenvalue weighted by molar-refractivity contribution is 5.69. The van der Waals surface area contributed by atoms with Crippen LogP contribution < -0.4 is 9.64 Å². The Kier molecular flexibility index (Phi) is 9.46. The summed E-state index contributed by atoms with van der Waals surface area (Å²) in [7, 11) is 0. The molecule has 5 nitrogen and oxygen atoms in total. The minimum absolute atomic E-state index is 0.0599. The molecule has 1 aromatic rings. The van der Waals surface area contributed by atoms with E-state index in [9.17, 15) is 4.79 Å². The van der Waals surface area contributed by atoms with Crippen molar-refractivity contribution >= 4 is 11.7 Å². The molecular weight excluding hydrogens is 340 g/mol. The lowest BCUT2D eigenvalue weighted by Crippen LogP contribution is -2.46. The van der Waals surface area contributed by atoms with Crippen molar-refractivity contribution < 1.29 is 14.3 Å². The first-order valence-corrected chi connectivity index (χ1v) is 10.5. The number of para-hydroxylation sites is 2. The molecule has 1 heterocycles. The number of nitrogens with zero attached hydrogens (tertiary/aromatic N) is 2. The molecule has 0 aliphatic carbocycles. The molecule has 1 saturated heterocycles. The third-order valence-corrected chi connectivity index (χ3v) is 4.85. The molecule has 1 aliphatic rings. The lowest BCUT2D eigenvalue weighted by molar-refractivity contribution is -0.143. The Morgan fingerprint density at radius 2 is 1.74 bits per heavy atom. The van der Waals surface area contributed by atoms with Gasteiger partial charge >= 0.3 is 5.97 Å². The number of carbonyl (C=O) groups is 1. The van der Waals surface area contributed by atoms with Crippen LogP contribution in [-0.2, 0) is 9.53 Å². The van der Waals surface area contributed by atoms with E-state index in [1.165, 1.54) is 18.5 Å². The van der Waals surface area contributed by atoms with Crippen LogP contribution in [0.1, 0.15) is 52.9 Å². The highest BCUT2D eigenvalue weighted by atomic mass is 16.5. The van der Waals surface area contributed by atoms with Crippen molar-refractivity contribution in [3.05, 3.63) is 24.3 Å². The van der Waals surface area contributed by atoms with Gasteiger partial charge in [0.2, 0.25) is 0 Å². The number of hydrogen-bond acceptors (Lipinski definition) is 5. The van der Waals surface area contributed by atoms with E-state index in [2.05, 4.69) is 41.8 Å². The summed E-state index contributed by atoms with van der Waals surface area (Å²) in [6.07, 6.45) is 5.19. The molecule has 0 atom stereocenters. The van der Waals surface area contributed by atoms with Crippen molar-refractivity contribution in [1.29, 1.82) is 0 Å². The first-order valence-electron chi connectivity index (χ1n) is 10.5. The monoisotopic (exact) mass is 376 g/mol. The predicted octanol–water partition coefficient (Wildman–Crippen LogP) is 4.11. The number of ether oxygens (including phenoxy) is 2. The Hall–Kier alpha value is -1.75. The van der Waals surface area contributed by atoms with E-state index in [1.807, 2.05) is 13.0 Å². The van der Waals surface area contributed by atoms with Crippen LogP contribution in [0.25, 0.3) is 0 Å². The second-order valence-electron chi connectivity index (χ2n) is 7.43. The first-order chi connectivity index (χ1) is 13.1. The predicted molar refractivity (Wildman–Crippen MR) is 111 cm³/mol. The second-order valence-corrected chi connectivity index (χ2v) is 7.43. The zero-order valence-electron chi connectivity index (χ0n) is 17.3. The fraction of sp³-hybridized carbons (Fsp3) is 0.682. The fourth-order valence-corrected chi connectivity index (χ4v) is 3.48. The number of rotatable bonds is 11. The van der Waals surface area contributed by atoms with Crippen molar-refractivity contribution in [3.8, 4) is 5.75 Å². The van der Waals surface area contributed by atoms with Crippen molar-refractivity contribution in [3.63, 3.8) is 0 Å². The van der Waals surface area contributed by atoms with E-state index >= 15 is 0 Å². The molecule has 0 aromatic heterocycles. The lowest BCUT2D eigenvalue weighted by atomic mass is 10.1. The number of piperazine rings is 1. The summed E-state index contributed by atoms with van der Waals surface area (Å²) in [5.74, 6) is 0.929. The highest BCUT2D eigenvalue weighted by Gasteiger charge is 2.19. The molecule has 0 N–H and O–H groups in total. The largest absolute Gasteiger partial charge is 0.489 e. The summed E-state index contributed by atoms with van der Waals surface area (Å²) in [6, 6.07) is 8.36. The van der Waals surface area contributed by atoms with Gasteiger partial charge in [0.05, 0.1) is 18.4 Å². The molecule has 1 fully saturated rings. The maximum atomic E-state index is 11.3. The molecule has 152 valence electrons. The van der Waals surface area contributed by atoms with Crippen molar-refractivity contribution in [1.82, 2.24) is 4.90 Å². The molecule has 0 saturated carbocycles. The Morgan fingerprint density at radius 3 is 2.44 bits per heavy atom. The molecule has 2 rings (SSSR count). The maximum absolute atomic E-state index is 11.3. The Labute approximate surface area is 164 Å². The van der Waals surface area contributed by atoms with Crippen molar-refractivity contribution in [2.45, 2.75) is 59.0 Å². The maximum Gasteiger partial charge on any atom is 0.305 e. The van der Waals surface area contributed by atoms with Gasteiger partial charge in [0, 0.05) is 32.6 Å². The minimum atomic E-state index is -0.0599. The van der Waals surface area contributed by atoms with Crippen LogP contribution in [0.2, 0.25) is 0 Å². The third-order valence-electron chi connectivity index (χ3n) is 4.85. The lowest BCUT2D eigenvalue weighted by Gasteiger charge is -2.37. The van der Waals surface area contributed by atoms with Gasteiger partial charge in [0.15, 0.2) is 0 Å². The Bertz CT molecular complexity index is 554. The van der Waals surface area contributed by atoms with Crippen LogP contribution in [0.5, 0.6) is 5.75 Å². The Morgan fingerprint density at radius 1 is 1.04 bits per heavy atom. The smallest absolute Gasteiger partial charge is 0.305 e. The molecule has 0 radical (unpaired) electrons. The number of unbranched alkanes of at least 4 members (excludes halogenated alkanes) is 3. The van der Waals surface area contributed by atoms with Gasteiger partial charge in [-0.25, -0.2) is 0 Å². The van der Waals surface area contributed by atoms with E-state index in [0.29, 0.717) is 13.0 Å². The summed E-state index contributed by atoms with van der Waals surface area (Å²) in [6.45, 7) is 11.9. The van der Waals surface area contributed by atoms with Crippen LogP contribution >= 0.6 is 0 Å². The number of anilines is 1. The quantitative estimate of drug-likeness (QED) is 0.429. The molecular formula is C22H36N2O3. The molecule has 5 heteroatoms. The van der Waals surface area contributed by atoms with Crippen LogP contribution in [-0.4, -0.2) is 56.3 Å². The highest BCUT2D eigenvalue weighted by Crippen LogP contribution is 2.29. The topological polar surface area (TPSA) is 42.0 Å². The van der Waals surface area contributed by atoms with Crippen LogP contribution in [0.15, 0.2) is 24.3 Å². The third kappa shape index (κ3) is 7.79. The van der Waals surface area contributed by atoms with Gasteiger partial charge in [-0.1, -0.05) is 25.0 Å².